The van der Waals surface area contributed by atoms with Crippen LogP contribution in [0.1, 0.15) is 25.5 Å². The molecule has 0 saturated carbocycles. The highest BCUT2D eigenvalue weighted by molar-refractivity contribution is 5.79. The van der Waals surface area contributed by atoms with Crippen molar-refractivity contribution in [3.8, 4) is 0 Å². The summed E-state index contributed by atoms with van der Waals surface area (Å²) in [5, 5.41) is 3.42. The molecule has 2 heterocycles. The molecule has 1 atom stereocenters. The van der Waals surface area contributed by atoms with E-state index in [9.17, 15) is 0 Å². The molecule has 1 aliphatic heterocycles. The van der Waals surface area contributed by atoms with Gasteiger partial charge in [-0.05, 0) is 51.4 Å². The minimum atomic E-state index is 0.691. The van der Waals surface area contributed by atoms with Crippen LogP contribution < -0.4 is 5.32 Å². The minimum Gasteiger partial charge on any atom is -0.357 e. The average molecular weight is 305 g/mol. The van der Waals surface area contributed by atoms with Crippen LogP contribution >= 0.6 is 0 Å². The largest absolute Gasteiger partial charge is 0.357 e. The molecule has 1 fully saturated rings. The fourth-order valence-electron chi connectivity index (χ4n) is 3.09. The maximum atomic E-state index is 4.88. The Morgan fingerprint density at radius 1 is 1.45 bits per heavy atom. The second kappa shape index (κ2) is 8.22. The molecule has 2 rings (SSSR count). The molecule has 0 bridgehead atoms. The number of aromatic nitrogens is 1. The van der Waals surface area contributed by atoms with Gasteiger partial charge in [0.05, 0.1) is 6.54 Å². The molecule has 1 aliphatic rings. The van der Waals surface area contributed by atoms with Crippen molar-refractivity contribution in [2.45, 2.75) is 26.3 Å². The smallest absolute Gasteiger partial charge is 0.194 e. The van der Waals surface area contributed by atoms with Gasteiger partial charge < -0.3 is 19.7 Å². The first kappa shape index (κ1) is 16.9. The van der Waals surface area contributed by atoms with Crippen molar-refractivity contribution in [3.05, 3.63) is 24.0 Å². The highest BCUT2D eigenvalue weighted by Gasteiger charge is 2.17. The number of piperidine rings is 1. The van der Waals surface area contributed by atoms with Crippen LogP contribution in [0.5, 0.6) is 0 Å². The van der Waals surface area contributed by atoms with E-state index in [1.54, 1.807) is 0 Å². The van der Waals surface area contributed by atoms with E-state index in [1.807, 2.05) is 0 Å². The zero-order valence-corrected chi connectivity index (χ0v) is 14.5. The van der Waals surface area contributed by atoms with Gasteiger partial charge in [0.15, 0.2) is 5.96 Å². The summed E-state index contributed by atoms with van der Waals surface area (Å²) in [5.74, 6) is 1.70. The molecule has 124 valence electrons. The van der Waals surface area contributed by atoms with Crippen LogP contribution in [-0.4, -0.2) is 60.6 Å². The quantitative estimate of drug-likeness (QED) is 0.665. The summed E-state index contributed by atoms with van der Waals surface area (Å²) in [6, 6.07) is 4.25. The number of guanidine groups is 1. The van der Waals surface area contributed by atoms with Crippen LogP contribution in [0, 0.1) is 5.92 Å². The lowest BCUT2D eigenvalue weighted by atomic mass is 9.99. The highest BCUT2D eigenvalue weighted by atomic mass is 15.3. The Balaban J connectivity index is 1.95. The average Bonchev–Trinajstić information content (AvgIpc) is 2.88. The Kier molecular flexibility index (Phi) is 6.31. The second-order valence-corrected chi connectivity index (χ2v) is 6.43. The van der Waals surface area contributed by atoms with Crippen LogP contribution in [0.2, 0.25) is 0 Å². The van der Waals surface area contributed by atoms with Crippen molar-refractivity contribution >= 4 is 5.96 Å². The van der Waals surface area contributed by atoms with E-state index in [1.165, 1.54) is 31.6 Å². The van der Waals surface area contributed by atoms with E-state index in [0.29, 0.717) is 5.92 Å². The highest BCUT2D eigenvalue weighted by Crippen LogP contribution is 2.15. The molecule has 0 amide bonds. The zero-order chi connectivity index (χ0) is 15.9. The predicted octanol–water partition coefficient (Wildman–Crippen LogP) is 1.76. The first-order valence-electron chi connectivity index (χ1n) is 8.38. The van der Waals surface area contributed by atoms with Gasteiger partial charge in [0, 0.05) is 45.6 Å². The second-order valence-electron chi connectivity index (χ2n) is 6.43. The summed E-state index contributed by atoms with van der Waals surface area (Å²) in [6.07, 6.45) is 4.69. The summed E-state index contributed by atoms with van der Waals surface area (Å²) in [7, 11) is 6.41. The number of hydrogen-bond acceptors (Lipinski definition) is 2. The van der Waals surface area contributed by atoms with E-state index in [-0.39, 0.29) is 0 Å². The number of aliphatic imine (C=N–C) groups is 1. The maximum absolute atomic E-state index is 4.88. The zero-order valence-electron chi connectivity index (χ0n) is 14.5. The van der Waals surface area contributed by atoms with Gasteiger partial charge in [-0.3, -0.25) is 4.99 Å². The van der Waals surface area contributed by atoms with E-state index < -0.39 is 0 Å². The summed E-state index contributed by atoms with van der Waals surface area (Å²) >= 11 is 0. The van der Waals surface area contributed by atoms with Gasteiger partial charge in [0.25, 0.3) is 0 Å². The van der Waals surface area contributed by atoms with E-state index in [2.05, 4.69) is 66.1 Å². The van der Waals surface area contributed by atoms with E-state index >= 15 is 0 Å². The maximum Gasteiger partial charge on any atom is 0.194 e. The number of likely N-dealkylation sites (tertiary alicyclic amines) is 1. The van der Waals surface area contributed by atoms with Gasteiger partial charge in [-0.2, -0.15) is 0 Å². The van der Waals surface area contributed by atoms with E-state index in [4.69, 9.17) is 4.99 Å². The third kappa shape index (κ3) is 4.77. The Morgan fingerprint density at radius 3 is 2.91 bits per heavy atom. The fourth-order valence-corrected chi connectivity index (χ4v) is 3.09. The first-order valence-corrected chi connectivity index (χ1v) is 8.38. The van der Waals surface area contributed by atoms with Crippen molar-refractivity contribution in [3.63, 3.8) is 0 Å². The van der Waals surface area contributed by atoms with Crippen molar-refractivity contribution in [2.75, 3.05) is 40.3 Å². The van der Waals surface area contributed by atoms with Crippen LogP contribution in [0.3, 0.4) is 0 Å². The SMILES string of the molecule is CCNC(=NCC1CCCN(C)C1)N(C)Cc1cccn1C. The summed E-state index contributed by atoms with van der Waals surface area (Å²) in [6.45, 7) is 7.23. The molecular weight excluding hydrogens is 274 g/mol. The molecule has 5 nitrogen and oxygen atoms in total. The fraction of sp³-hybridized carbons (Fsp3) is 0.706. The normalized spacial score (nSPS) is 20.2. The van der Waals surface area contributed by atoms with Gasteiger partial charge >= 0.3 is 0 Å². The molecule has 1 aromatic heterocycles. The molecule has 1 aromatic rings. The third-order valence-electron chi connectivity index (χ3n) is 4.37. The number of aryl methyl sites for hydroxylation is 1. The lowest BCUT2D eigenvalue weighted by Gasteiger charge is -2.29. The summed E-state index contributed by atoms with van der Waals surface area (Å²) < 4.78 is 2.16. The van der Waals surface area contributed by atoms with E-state index in [0.717, 1.165) is 25.6 Å². The Bertz CT molecular complexity index is 479. The lowest BCUT2D eigenvalue weighted by molar-refractivity contribution is 0.214. The molecule has 0 spiro atoms. The number of rotatable bonds is 5. The van der Waals surface area contributed by atoms with Crippen molar-refractivity contribution in [1.82, 2.24) is 19.7 Å². The number of nitrogens with zero attached hydrogens (tertiary/aromatic N) is 4. The van der Waals surface area contributed by atoms with Crippen molar-refractivity contribution in [2.24, 2.45) is 18.0 Å². The van der Waals surface area contributed by atoms with Gasteiger partial charge in [-0.1, -0.05) is 0 Å². The molecule has 0 aromatic carbocycles. The molecule has 22 heavy (non-hydrogen) atoms. The van der Waals surface area contributed by atoms with Gasteiger partial charge in [0.1, 0.15) is 0 Å². The molecule has 1 N–H and O–H groups in total. The molecule has 1 saturated heterocycles. The standard InChI is InChI=1S/C17H31N5/c1-5-18-17(19-12-15-8-6-10-20(2)13-15)22(4)14-16-9-7-11-21(16)3/h7,9,11,15H,5-6,8,10,12-14H2,1-4H3,(H,18,19). The Morgan fingerprint density at radius 2 is 2.27 bits per heavy atom. The predicted molar refractivity (Wildman–Crippen MR) is 93.1 cm³/mol. The summed E-state index contributed by atoms with van der Waals surface area (Å²) in [5.41, 5.74) is 1.30. The molecule has 5 heteroatoms. The topological polar surface area (TPSA) is 35.8 Å². The summed E-state index contributed by atoms with van der Waals surface area (Å²) in [4.78, 5) is 9.51. The lowest BCUT2D eigenvalue weighted by Crippen LogP contribution is -2.40. The van der Waals surface area contributed by atoms with Gasteiger partial charge in [-0.15, -0.1) is 0 Å². The van der Waals surface area contributed by atoms with Crippen LogP contribution in [0.15, 0.2) is 23.3 Å². The molecule has 1 unspecified atom stereocenters. The Hall–Kier alpha value is -1.49. The molecular formula is C17H31N5. The monoisotopic (exact) mass is 305 g/mol. The first-order chi connectivity index (χ1) is 10.6. The minimum absolute atomic E-state index is 0.691. The molecule has 0 radical (unpaired) electrons. The van der Waals surface area contributed by atoms with Crippen molar-refractivity contribution in [1.29, 1.82) is 0 Å². The Labute approximate surface area is 135 Å². The molecule has 0 aliphatic carbocycles. The van der Waals surface area contributed by atoms with Gasteiger partial charge in [0.2, 0.25) is 0 Å². The van der Waals surface area contributed by atoms with Crippen LogP contribution in [-0.2, 0) is 13.6 Å². The number of hydrogen-bond donors (Lipinski definition) is 1. The third-order valence-corrected chi connectivity index (χ3v) is 4.37. The number of nitrogens with one attached hydrogen (secondary N) is 1. The van der Waals surface area contributed by atoms with Gasteiger partial charge in [-0.25, -0.2) is 0 Å². The van der Waals surface area contributed by atoms with Crippen LogP contribution in [0.4, 0.5) is 0 Å². The van der Waals surface area contributed by atoms with Crippen molar-refractivity contribution < 1.29 is 0 Å². The van der Waals surface area contributed by atoms with Crippen LogP contribution in [0.25, 0.3) is 0 Å².